The van der Waals surface area contributed by atoms with Gasteiger partial charge in [0.2, 0.25) is 5.91 Å². The monoisotopic (exact) mass is 168 g/mol. The number of nitrogen functional groups attached to an aromatic ring is 1. The van der Waals surface area contributed by atoms with E-state index in [4.69, 9.17) is 10.8 Å². The van der Waals surface area contributed by atoms with Gasteiger partial charge in [0.1, 0.15) is 5.75 Å². The summed E-state index contributed by atoms with van der Waals surface area (Å²) in [5, 5.41) is 8.79. The lowest BCUT2D eigenvalue weighted by molar-refractivity contribution is -0.115. The molecule has 0 bridgehead atoms. The molecule has 12 heavy (non-hydrogen) atoms. The van der Waals surface area contributed by atoms with E-state index in [9.17, 15) is 4.79 Å². The molecule has 0 aliphatic carbocycles. The Kier molecular flexibility index (Phi) is 4.30. The van der Waals surface area contributed by atoms with Crippen LogP contribution in [0.15, 0.2) is 24.3 Å². The summed E-state index contributed by atoms with van der Waals surface area (Å²) in [6, 6.07) is 6.70. The minimum Gasteiger partial charge on any atom is -0.506 e. The molecule has 66 valence electrons. The highest BCUT2D eigenvalue weighted by Gasteiger charge is 1.87. The first kappa shape index (κ1) is 10.3. The summed E-state index contributed by atoms with van der Waals surface area (Å²) in [7, 11) is 0. The van der Waals surface area contributed by atoms with Crippen molar-refractivity contribution in [3.05, 3.63) is 24.3 Å². The van der Waals surface area contributed by atoms with Gasteiger partial charge in [-0.25, -0.2) is 0 Å². The molecule has 0 saturated heterocycles. The van der Waals surface area contributed by atoms with Crippen molar-refractivity contribution >= 4 is 11.6 Å². The van der Waals surface area contributed by atoms with Gasteiger partial charge in [0.25, 0.3) is 0 Å². The van der Waals surface area contributed by atoms with Gasteiger partial charge in [-0.2, -0.15) is 0 Å². The molecule has 5 N–H and O–H groups in total. The highest BCUT2D eigenvalue weighted by atomic mass is 16.3. The molecule has 0 aliphatic rings. The topological polar surface area (TPSA) is 89.3 Å². The fourth-order valence-electron chi connectivity index (χ4n) is 0.488. The summed E-state index contributed by atoms with van der Waals surface area (Å²) < 4.78 is 0. The summed E-state index contributed by atoms with van der Waals surface area (Å²) in [6.07, 6.45) is 0. The number of phenols is 1. The Morgan fingerprint density at radius 2 is 1.83 bits per heavy atom. The van der Waals surface area contributed by atoms with Crippen LogP contribution < -0.4 is 11.5 Å². The van der Waals surface area contributed by atoms with Gasteiger partial charge in [-0.3, -0.25) is 4.79 Å². The normalized spacial score (nSPS) is 8.08. The van der Waals surface area contributed by atoms with Crippen LogP contribution in [0.1, 0.15) is 6.92 Å². The number of aromatic hydroxyl groups is 1. The van der Waals surface area contributed by atoms with E-state index >= 15 is 0 Å². The SMILES string of the molecule is CC(N)=O.Nc1ccccc1O. The smallest absolute Gasteiger partial charge is 0.214 e. The van der Waals surface area contributed by atoms with Crippen molar-refractivity contribution < 1.29 is 9.90 Å². The van der Waals surface area contributed by atoms with E-state index in [1.807, 2.05) is 0 Å². The number of para-hydroxylation sites is 2. The van der Waals surface area contributed by atoms with E-state index in [0.29, 0.717) is 5.69 Å². The van der Waals surface area contributed by atoms with Gasteiger partial charge in [-0.15, -0.1) is 0 Å². The lowest BCUT2D eigenvalue weighted by Crippen LogP contribution is -2.01. The quantitative estimate of drug-likeness (QED) is 0.388. The van der Waals surface area contributed by atoms with Gasteiger partial charge in [-0.1, -0.05) is 12.1 Å². The second kappa shape index (κ2) is 5.01. The van der Waals surface area contributed by atoms with Crippen LogP contribution in [-0.4, -0.2) is 11.0 Å². The molecule has 1 rings (SSSR count). The molecule has 0 atom stereocenters. The van der Waals surface area contributed by atoms with Crippen molar-refractivity contribution in [1.29, 1.82) is 0 Å². The molecule has 0 unspecified atom stereocenters. The molecule has 0 heterocycles. The Hall–Kier alpha value is -1.71. The molecule has 0 saturated carbocycles. The van der Waals surface area contributed by atoms with Crippen LogP contribution in [0.4, 0.5) is 5.69 Å². The van der Waals surface area contributed by atoms with Gasteiger partial charge in [-0.05, 0) is 12.1 Å². The van der Waals surface area contributed by atoms with Crippen LogP contribution >= 0.6 is 0 Å². The number of carbonyl (C=O) groups is 1. The number of nitrogens with two attached hydrogens (primary N) is 2. The third-order valence-corrected chi connectivity index (χ3v) is 0.937. The van der Waals surface area contributed by atoms with E-state index in [0.717, 1.165) is 0 Å². The fourth-order valence-corrected chi connectivity index (χ4v) is 0.488. The summed E-state index contributed by atoms with van der Waals surface area (Å²) in [5.74, 6) is -0.187. The van der Waals surface area contributed by atoms with Crippen LogP contribution in [0.2, 0.25) is 0 Å². The zero-order chi connectivity index (χ0) is 9.56. The Labute approximate surface area is 70.8 Å². The molecule has 0 fully saturated rings. The number of benzene rings is 1. The maximum Gasteiger partial charge on any atom is 0.214 e. The van der Waals surface area contributed by atoms with Crippen LogP contribution in [0.25, 0.3) is 0 Å². The molecule has 0 radical (unpaired) electrons. The average Bonchev–Trinajstić information content (AvgIpc) is 1.94. The van der Waals surface area contributed by atoms with Gasteiger partial charge < -0.3 is 16.6 Å². The molecule has 1 aromatic carbocycles. The number of hydrogen-bond donors (Lipinski definition) is 3. The van der Waals surface area contributed by atoms with E-state index < -0.39 is 0 Å². The predicted octanol–water partition coefficient (Wildman–Crippen LogP) is 0.466. The standard InChI is InChI=1S/C6H7NO.C2H5NO/c7-5-3-1-2-4-6(5)8;1-2(3)4/h1-4,8H,7H2;1H3,(H2,3,4). The van der Waals surface area contributed by atoms with Crippen molar-refractivity contribution in [2.45, 2.75) is 6.92 Å². The summed E-state index contributed by atoms with van der Waals surface area (Å²) in [5.41, 5.74) is 10.2. The van der Waals surface area contributed by atoms with Crippen molar-refractivity contribution in [3.8, 4) is 5.75 Å². The summed E-state index contributed by atoms with van der Waals surface area (Å²) in [4.78, 5) is 9.22. The summed E-state index contributed by atoms with van der Waals surface area (Å²) in [6.45, 7) is 1.31. The van der Waals surface area contributed by atoms with Crippen LogP contribution in [0.5, 0.6) is 5.75 Å². The van der Waals surface area contributed by atoms with Crippen molar-refractivity contribution in [3.63, 3.8) is 0 Å². The first-order valence-corrected chi connectivity index (χ1v) is 3.33. The Morgan fingerprint density at radius 3 is 2.08 bits per heavy atom. The largest absolute Gasteiger partial charge is 0.506 e. The second-order valence-corrected chi connectivity index (χ2v) is 2.17. The van der Waals surface area contributed by atoms with Gasteiger partial charge in [0.15, 0.2) is 0 Å². The van der Waals surface area contributed by atoms with Gasteiger partial charge >= 0.3 is 0 Å². The molecule has 0 aliphatic heterocycles. The van der Waals surface area contributed by atoms with E-state index in [1.54, 1.807) is 24.3 Å². The number of primary amides is 1. The number of phenolic OH excluding ortho intramolecular Hbond substituents is 1. The zero-order valence-electron chi connectivity index (χ0n) is 6.82. The van der Waals surface area contributed by atoms with Crippen LogP contribution in [0, 0.1) is 0 Å². The Balaban J connectivity index is 0.000000261. The van der Waals surface area contributed by atoms with Crippen molar-refractivity contribution in [2.24, 2.45) is 5.73 Å². The van der Waals surface area contributed by atoms with Crippen molar-refractivity contribution in [1.82, 2.24) is 0 Å². The lowest BCUT2D eigenvalue weighted by Gasteiger charge is -1.92. The highest BCUT2D eigenvalue weighted by Crippen LogP contribution is 2.16. The highest BCUT2D eigenvalue weighted by molar-refractivity contribution is 5.70. The molecule has 4 nitrogen and oxygen atoms in total. The Bertz CT molecular complexity index is 236. The molecule has 4 heteroatoms. The number of amides is 1. The fraction of sp³-hybridized carbons (Fsp3) is 0.125. The minimum atomic E-state index is -0.333. The Morgan fingerprint density at radius 1 is 1.42 bits per heavy atom. The molecule has 1 aromatic rings. The lowest BCUT2D eigenvalue weighted by atomic mass is 10.3. The average molecular weight is 168 g/mol. The first-order chi connectivity index (χ1) is 5.54. The predicted molar refractivity (Wildman–Crippen MR) is 47.4 cm³/mol. The van der Waals surface area contributed by atoms with Gasteiger partial charge in [0, 0.05) is 6.92 Å². The second-order valence-electron chi connectivity index (χ2n) is 2.17. The molecular weight excluding hydrogens is 156 g/mol. The van der Waals surface area contributed by atoms with E-state index in [2.05, 4.69) is 5.73 Å². The van der Waals surface area contributed by atoms with E-state index in [1.165, 1.54) is 6.92 Å². The van der Waals surface area contributed by atoms with Crippen LogP contribution in [0.3, 0.4) is 0 Å². The zero-order valence-corrected chi connectivity index (χ0v) is 6.82. The molecule has 1 amide bonds. The summed E-state index contributed by atoms with van der Waals surface area (Å²) >= 11 is 0. The van der Waals surface area contributed by atoms with Gasteiger partial charge in [0.05, 0.1) is 5.69 Å². The molecule has 0 aromatic heterocycles. The van der Waals surface area contributed by atoms with Crippen LogP contribution in [-0.2, 0) is 4.79 Å². The molecular formula is C8H12N2O2. The number of rotatable bonds is 0. The maximum atomic E-state index is 9.22. The first-order valence-electron chi connectivity index (χ1n) is 3.33. The molecule has 0 spiro atoms. The third kappa shape index (κ3) is 5.10. The van der Waals surface area contributed by atoms with Crippen molar-refractivity contribution in [2.75, 3.05) is 5.73 Å². The maximum absolute atomic E-state index is 9.22. The number of anilines is 1. The third-order valence-electron chi connectivity index (χ3n) is 0.937. The minimum absolute atomic E-state index is 0.146. The number of carbonyl (C=O) groups excluding carboxylic acids is 1. The van der Waals surface area contributed by atoms with E-state index in [-0.39, 0.29) is 11.7 Å². The number of hydrogen-bond acceptors (Lipinski definition) is 3.